The summed E-state index contributed by atoms with van der Waals surface area (Å²) in [6, 6.07) is 5.65. The second kappa shape index (κ2) is 29.3. The summed E-state index contributed by atoms with van der Waals surface area (Å²) in [6.07, 6.45) is 17.0. The molecule has 0 spiro atoms. The Labute approximate surface area is 295 Å². The van der Waals surface area contributed by atoms with Crippen molar-refractivity contribution in [1.29, 1.82) is 5.26 Å². The van der Waals surface area contributed by atoms with Gasteiger partial charge in [0.2, 0.25) is 5.91 Å². The standard InChI is InChI=1S/C27H38ClNO2.C4H9N.C4H7N.2C2H6.C2H4/c1-18-8-6-7-9-19(2)13-21-15-23(26(28)24(30)16-21)29(5)25(31)10-11-27(4)17-22(27)14-20(3)12-18;1-3-4-5-2;1-2-3-4-5;3*1-2/h6-7,9,15-16,18,20,22,30H,8,10-14,17H2,1-5H3;3,5H,1,4H2,2H3;2-3H2,1H3;2*1-2H3;1-2H2/b7-6+,19-9+;;;;;. The number of carbonyl (C=O) groups is 1. The summed E-state index contributed by atoms with van der Waals surface area (Å²) in [5, 5.41) is 21.3. The minimum atomic E-state index is 0.0279. The number of fused-ring (bicyclic) bond motifs is 3. The van der Waals surface area contributed by atoms with Crippen LogP contribution in [0.2, 0.25) is 5.02 Å². The second-order valence-electron chi connectivity index (χ2n) is 12.2. The monoisotopic (exact) mass is 672 g/mol. The number of rotatable bonds is 3. The molecule has 1 fully saturated rings. The van der Waals surface area contributed by atoms with Crippen molar-refractivity contribution in [3.8, 4) is 11.8 Å². The number of nitrogens with zero attached hydrogens (tertiary/aromatic N) is 2. The van der Waals surface area contributed by atoms with Gasteiger partial charge in [0.05, 0.1) is 11.8 Å². The van der Waals surface area contributed by atoms with Crippen molar-refractivity contribution in [2.75, 3.05) is 25.5 Å². The molecule has 2 aliphatic rings. The van der Waals surface area contributed by atoms with Gasteiger partial charge in [0.15, 0.2) is 0 Å². The third-order valence-corrected chi connectivity index (χ3v) is 8.40. The topological polar surface area (TPSA) is 76.4 Å². The summed E-state index contributed by atoms with van der Waals surface area (Å²) >= 11 is 6.38. The lowest BCUT2D eigenvalue weighted by Gasteiger charge is -2.22. The van der Waals surface area contributed by atoms with Gasteiger partial charge in [0.1, 0.15) is 10.8 Å². The van der Waals surface area contributed by atoms with Gasteiger partial charge < -0.3 is 15.3 Å². The first-order valence-corrected chi connectivity index (χ1v) is 18.0. The van der Waals surface area contributed by atoms with Crippen LogP contribution in [0.4, 0.5) is 5.69 Å². The lowest BCUT2D eigenvalue weighted by atomic mass is 9.88. The number of nitriles is 1. The number of unbranched alkanes of at least 4 members (excludes halogenated alkanes) is 1. The molecule has 1 amide bonds. The Hall–Kier alpha value is -2.81. The Bertz CT molecular complexity index is 1090. The molecule has 0 radical (unpaired) electrons. The maximum absolute atomic E-state index is 13.0. The van der Waals surface area contributed by atoms with Gasteiger partial charge in [0.25, 0.3) is 0 Å². The molecule has 1 saturated carbocycles. The fraction of sp³-hybridized carbons (Fsp3) is 0.610. The Kier molecular flexibility index (Phi) is 30.3. The van der Waals surface area contributed by atoms with Crippen molar-refractivity contribution in [3.63, 3.8) is 0 Å². The molecule has 1 aromatic rings. The van der Waals surface area contributed by atoms with Crippen molar-refractivity contribution in [3.05, 3.63) is 72.3 Å². The number of benzene rings is 1. The first kappa shape index (κ1) is 48.6. The van der Waals surface area contributed by atoms with Crippen LogP contribution in [0.1, 0.15) is 119 Å². The van der Waals surface area contributed by atoms with E-state index in [-0.39, 0.29) is 22.1 Å². The van der Waals surface area contributed by atoms with Crippen molar-refractivity contribution in [2.45, 2.75) is 120 Å². The molecule has 5 nitrogen and oxygen atoms in total. The largest absolute Gasteiger partial charge is 0.506 e. The quantitative estimate of drug-likeness (QED) is 0.313. The molecular formula is C41H70ClN3O2. The molecule has 4 atom stereocenters. The molecule has 268 valence electrons. The molecule has 1 aromatic carbocycles. The Morgan fingerprint density at radius 3 is 2.28 bits per heavy atom. The summed E-state index contributed by atoms with van der Waals surface area (Å²) in [6.45, 7) is 29.5. The van der Waals surface area contributed by atoms with Crippen molar-refractivity contribution < 1.29 is 9.90 Å². The van der Waals surface area contributed by atoms with Gasteiger partial charge in [-0.15, -0.1) is 19.7 Å². The number of nitrogens with one attached hydrogen (secondary N) is 1. The number of hydrogen-bond donors (Lipinski definition) is 2. The molecule has 0 aromatic heterocycles. The zero-order chi connectivity index (χ0) is 37.0. The van der Waals surface area contributed by atoms with E-state index in [0.29, 0.717) is 30.9 Å². The Balaban J connectivity index is -0.00000102. The summed E-state index contributed by atoms with van der Waals surface area (Å²) in [5.74, 6) is 2.21. The third-order valence-electron chi connectivity index (χ3n) is 8.02. The normalized spacial score (nSPS) is 23.8. The van der Waals surface area contributed by atoms with Crippen LogP contribution in [-0.4, -0.2) is 31.7 Å². The number of carbonyl (C=O) groups excluding carboxylic acids is 1. The van der Waals surface area contributed by atoms with Crippen molar-refractivity contribution in [1.82, 2.24) is 5.32 Å². The molecule has 47 heavy (non-hydrogen) atoms. The van der Waals surface area contributed by atoms with E-state index in [4.69, 9.17) is 16.9 Å². The smallest absolute Gasteiger partial charge is 0.226 e. The van der Waals surface area contributed by atoms with Gasteiger partial charge in [0, 0.05) is 26.4 Å². The van der Waals surface area contributed by atoms with Crippen LogP contribution in [0.15, 0.2) is 61.7 Å². The molecule has 1 heterocycles. The number of phenolic OH excluding ortho intramolecular Hbond substituents is 1. The summed E-state index contributed by atoms with van der Waals surface area (Å²) < 4.78 is 0. The highest BCUT2D eigenvalue weighted by Gasteiger charge is 2.49. The van der Waals surface area contributed by atoms with E-state index in [0.717, 1.165) is 43.2 Å². The number of anilines is 1. The van der Waals surface area contributed by atoms with E-state index in [2.05, 4.69) is 71.0 Å². The molecule has 1 aliphatic heterocycles. The fourth-order valence-electron chi connectivity index (χ4n) is 5.41. The number of likely N-dealkylation sites (N-methyl/N-ethyl adjacent to an activating group) is 1. The second-order valence-corrected chi connectivity index (χ2v) is 12.6. The minimum absolute atomic E-state index is 0.0279. The average Bonchev–Trinajstić information content (AvgIpc) is 3.71. The molecule has 1 aliphatic carbocycles. The number of aromatic hydroxyl groups is 1. The van der Waals surface area contributed by atoms with Crippen LogP contribution in [0, 0.1) is 34.5 Å². The molecule has 0 saturated heterocycles. The van der Waals surface area contributed by atoms with Crippen LogP contribution in [0.5, 0.6) is 5.75 Å². The van der Waals surface area contributed by atoms with Gasteiger partial charge in [-0.25, -0.2) is 0 Å². The van der Waals surface area contributed by atoms with E-state index in [1.807, 2.05) is 59.9 Å². The van der Waals surface area contributed by atoms with E-state index in [9.17, 15) is 9.90 Å². The summed E-state index contributed by atoms with van der Waals surface area (Å²) in [4.78, 5) is 14.6. The Morgan fingerprint density at radius 1 is 1.17 bits per heavy atom. The molecule has 6 heteroatoms. The van der Waals surface area contributed by atoms with E-state index < -0.39 is 0 Å². The lowest BCUT2D eigenvalue weighted by molar-refractivity contribution is -0.118. The van der Waals surface area contributed by atoms with Crippen LogP contribution in [0.3, 0.4) is 0 Å². The zero-order valence-corrected chi connectivity index (χ0v) is 32.8. The highest BCUT2D eigenvalue weighted by Crippen LogP contribution is 2.58. The summed E-state index contributed by atoms with van der Waals surface area (Å²) in [5.41, 5.74) is 3.02. The zero-order valence-electron chi connectivity index (χ0n) is 32.0. The highest BCUT2D eigenvalue weighted by atomic mass is 35.5. The van der Waals surface area contributed by atoms with Gasteiger partial charge in [-0.3, -0.25) is 4.79 Å². The number of hydrogen-bond acceptors (Lipinski definition) is 4. The van der Waals surface area contributed by atoms with E-state index in [1.54, 1.807) is 18.0 Å². The van der Waals surface area contributed by atoms with E-state index in [1.165, 1.54) is 24.8 Å². The highest BCUT2D eigenvalue weighted by molar-refractivity contribution is 6.35. The maximum Gasteiger partial charge on any atom is 0.226 e. The molecule has 4 unspecified atom stereocenters. The number of halogens is 1. The van der Waals surface area contributed by atoms with Crippen LogP contribution in [0.25, 0.3) is 0 Å². The van der Waals surface area contributed by atoms with Crippen LogP contribution in [-0.2, 0) is 11.2 Å². The van der Waals surface area contributed by atoms with Gasteiger partial charge >= 0.3 is 0 Å². The van der Waals surface area contributed by atoms with Crippen LogP contribution < -0.4 is 10.2 Å². The maximum atomic E-state index is 13.0. The molecule has 2 N–H and O–H groups in total. The molecule has 2 bridgehead atoms. The van der Waals surface area contributed by atoms with Gasteiger partial charge in [-0.2, -0.15) is 5.26 Å². The SMILES string of the molecule is C/C1=C\C=C\CC(C)CC(C)CC2CC2(C)CCC(=O)N(C)c2cc(cc(O)c2Cl)C1.C=C.C=CCNC.CC.CC.CCCC#N. The Morgan fingerprint density at radius 2 is 1.79 bits per heavy atom. The minimum Gasteiger partial charge on any atom is -0.506 e. The van der Waals surface area contributed by atoms with E-state index >= 15 is 0 Å². The fourth-order valence-corrected chi connectivity index (χ4v) is 5.65. The molecular weight excluding hydrogens is 602 g/mol. The van der Waals surface area contributed by atoms with Gasteiger partial charge in [-0.1, -0.05) is 96.9 Å². The van der Waals surface area contributed by atoms with Crippen molar-refractivity contribution >= 4 is 23.2 Å². The van der Waals surface area contributed by atoms with Crippen LogP contribution >= 0.6 is 11.6 Å². The first-order valence-electron chi connectivity index (χ1n) is 17.6. The number of phenols is 1. The van der Waals surface area contributed by atoms with Gasteiger partial charge in [-0.05, 0) is 99.8 Å². The lowest BCUT2D eigenvalue weighted by Crippen LogP contribution is -2.27. The third kappa shape index (κ3) is 20.9. The number of allylic oxidation sites excluding steroid dienone is 4. The summed E-state index contributed by atoms with van der Waals surface area (Å²) in [7, 11) is 3.65. The first-order chi connectivity index (χ1) is 22.4. The van der Waals surface area contributed by atoms with Crippen molar-refractivity contribution in [2.24, 2.45) is 23.2 Å². The average molecular weight is 672 g/mol. The molecule has 3 rings (SSSR count). The predicted octanol–water partition coefficient (Wildman–Crippen LogP) is 11.9. The number of amides is 1. The predicted molar refractivity (Wildman–Crippen MR) is 209 cm³/mol.